The molecule has 3 heteroatoms. The van der Waals surface area contributed by atoms with E-state index in [1.54, 1.807) is 25.3 Å². The maximum atomic E-state index is 11.9. The smallest absolute Gasteiger partial charge is 0.338 e. The van der Waals surface area contributed by atoms with Gasteiger partial charge in [-0.2, -0.15) is 0 Å². The Bertz CT molecular complexity index is 511. The number of methoxy groups -OCH3 is 1. The molecular formula is C20H28O3. The van der Waals surface area contributed by atoms with Crippen LogP contribution in [-0.2, 0) is 4.74 Å². The molecule has 0 saturated heterocycles. The summed E-state index contributed by atoms with van der Waals surface area (Å²) in [5, 5.41) is 0. The molecular weight excluding hydrogens is 288 g/mol. The molecule has 0 radical (unpaired) electrons. The fourth-order valence-electron chi connectivity index (χ4n) is 2.23. The predicted molar refractivity (Wildman–Crippen MR) is 93.7 cm³/mol. The lowest BCUT2D eigenvalue weighted by molar-refractivity contribution is 0.0497. The molecule has 3 nitrogen and oxygen atoms in total. The van der Waals surface area contributed by atoms with Crippen LogP contribution in [0.5, 0.6) is 5.75 Å². The summed E-state index contributed by atoms with van der Waals surface area (Å²) < 4.78 is 10.4. The van der Waals surface area contributed by atoms with Crippen molar-refractivity contribution in [2.24, 2.45) is 0 Å². The third-order valence-corrected chi connectivity index (χ3v) is 3.54. The highest BCUT2D eigenvalue weighted by atomic mass is 16.5. The fraction of sp³-hybridized carbons (Fsp3) is 0.550. The summed E-state index contributed by atoms with van der Waals surface area (Å²) in [6.45, 7) is 2.56. The van der Waals surface area contributed by atoms with Crippen LogP contribution >= 0.6 is 0 Å². The van der Waals surface area contributed by atoms with Crippen molar-refractivity contribution < 1.29 is 14.3 Å². The Morgan fingerprint density at radius 1 is 1.04 bits per heavy atom. The maximum Gasteiger partial charge on any atom is 0.338 e. The lowest BCUT2D eigenvalue weighted by Gasteiger charge is -2.06. The summed E-state index contributed by atoms with van der Waals surface area (Å²) >= 11 is 0. The van der Waals surface area contributed by atoms with Gasteiger partial charge < -0.3 is 9.47 Å². The van der Waals surface area contributed by atoms with Crippen molar-refractivity contribution in [3.63, 3.8) is 0 Å². The second-order valence-electron chi connectivity index (χ2n) is 5.45. The molecule has 0 heterocycles. The average Bonchev–Trinajstić information content (AvgIpc) is 2.59. The van der Waals surface area contributed by atoms with E-state index in [9.17, 15) is 4.79 Å². The lowest BCUT2D eigenvalue weighted by Crippen LogP contribution is -2.06. The standard InChI is InChI=1S/C20H28O3/c1-3-4-5-6-7-8-9-10-11-12-16-23-20(21)18-14-13-15-19(17-18)22-2/h13-15,17H,3,6-12,16H2,1-2H3. The first-order valence-electron chi connectivity index (χ1n) is 8.54. The Kier molecular flexibility index (Phi) is 10.4. The minimum atomic E-state index is -0.279. The van der Waals surface area contributed by atoms with E-state index in [4.69, 9.17) is 9.47 Å². The molecule has 0 amide bonds. The Morgan fingerprint density at radius 3 is 2.52 bits per heavy atom. The molecule has 1 aromatic carbocycles. The molecule has 0 unspecified atom stereocenters. The van der Waals surface area contributed by atoms with Gasteiger partial charge in [0.05, 0.1) is 19.3 Å². The van der Waals surface area contributed by atoms with Crippen molar-refractivity contribution in [1.82, 2.24) is 0 Å². The number of benzene rings is 1. The van der Waals surface area contributed by atoms with E-state index in [-0.39, 0.29) is 5.97 Å². The number of rotatable bonds is 10. The first kappa shape index (κ1) is 19.1. The van der Waals surface area contributed by atoms with Gasteiger partial charge in [-0.1, -0.05) is 38.7 Å². The Morgan fingerprint density at radius 2 is 1.78 bits per heavy atom. The quantitative estimate of drug-likeness (QED) is 0.346. The van der Waals surface area contributed by atoms with E-state index in [0.29, 0.717) is 17.9 Å². The van der Waals surface area contributed by atoms with Gasteiger partial charge in [0.1, 0.15) is 5.75 Å². The van der Waals surface area contributed by atoms with Crippen molar-refractivity contribution in [3.05, 3.63) is 29.8 Å². The molecule has 0 aromatic heterocycles. The molecule has 126 valence electrons. The number of carbonyl (C=O) groups is 1. The molecule has 0 bridgehead atoms. The van der Waals surface area contributed by atoms with Crippen molar-refractivity contribution >= 4 is 5.97 Å². The molecule has 0 spiro atoms. The summed E-state index contributed by atoms with van der Waals surface area (Å²) in [4.78, 5) is 11.9. The van der Waals surface area contributed by atoms with Gasteiger partial charge in [-0.05, 0) is 31.0 Å². The predicted octanol–water partition coefficient (Wildman–Crippen LogP) is 5.00. The van der Waals surface area contributed by atoms with Crippen LogP contribution < -0.4 is 4.74 Å². The van der Waals surface area contributed by atoms with Gasteiger partial charge in [-0.25, -0.2) is 4.79 Å². The molecule has 0 fully saturated rings. The Hall–Kier alpha value is -1.95. The molecule has 0 aliphatic carbocycles. The van der Waals surface area contributed by atoms with Crippen molar-refractivity contribution in [2.75, 3.05) is 13.7 Å². The number of unbranched alkanes of at least 4 members (excludes halogenated alkanes) is 6. The van der Waals surface area contributed by atoms with Gasteiger partial charge in [0.2, 0.25) is 0 Å². The highest BCUT2D eigenvalue weighted by Gasteiger charge is 2.07. The van der Waals surface area contributed by atoms with Gasteiger partial charge in [0.15, 0.2) is 0 Å². The van der Waals surface area contributed by atoms with Crippen molar-refractivity contribution in [1.29, 1.82) is 0 Å². The highest BCUT2D eigenvalue weighted by molar-refractivity contribution is 5.89. The van der Waals surface area contributed by atoms with E-state index in [2.05, 4.69) is 18.8 Å². The van der Waals surface area contributed by atoms with Crippen LogP contribution in [0.15, 0.2) is 24.3 Å². The van der Waals surface area contributed by atoms with Crippen LogP contribution in [0, 0.1) is 11.8 Å². The molecule has 0 N–H and O–H groups in total. The van der Waals surface area contributed by atoms with Crippen molar-refractivity contribution in [3.8, 4) is 17.6 Å². The van der Waals surface area contributed by atoms with E-state index >= 15 is 0 Å². The van der Waals surface area contributed by atoms with Crippen molar-refractivity contribution in [2.45, 2.75) is 58.3 Å². The third-order valence-electron chi connectivity index (χ3n) is 3.54. The summed E-state index contributed by atoms with van der Waals surface area (Å²) in [6.07, 6.45) is 8.85. The Balaban J connectivity index is 2.03. The van der Waals surface area contributed by atoms with Crippen LogP contribution in [0.4, 0.5) is 0 Å². The summed E-state index contributed by atoms with van der Waals surface area (Å²) in [5.74, 6) is 6.65. The minimum absolute atomic E-state index is 0.279. The zero-order valence-electron chi connectivity index (χ0n) is 14.4. The van der Waals surface area contributed by atoms with Crippen LogP contribution in [0.3, 0.4) is 0 Å². The SMILES string of the molecule is CCC#CCCCCCCCCOC(=O)c1cccc(OC)c1. The summed E-state index contributed by atoms with van der Waals surface area (Å²) in [7, 11) is 1.58. The third kappa shape index (κ3) is 8.93. The normalized spacial score (nSPS) is 9.83. The fourth-order valence-corrected chi connectivity index (χ4v) is 2.23. The van der Waals surface area contributed by atoms with Gasteiger partial charge >= 0.3 is 5.97 Å². The van der Waals surface area contributed by atoms with Gasteiger partial charge in [-0.15, -0.1) is 11.8 Å². The molecule has 0 aliphatic heterocycles. The van der Waals surface area contributed by atoms with Gasteiger partial charge in [0.25, 0.3) is 0 Å². The molecule has 0 atom stereocenters. The maximum absolute atomic E-state index is 11.9. The van der Waals surface area contributed by atoms with E-state index < -0.39 is 0 Å². The number of hydrogen-bond donors (Lipinski definition) is 0. The zero-order valence-corrected chi connectivity index (χ0v) is 14.4. The van der Waals surface area contributed by atoms with E-state index in [0.717, 1.165) is 25.7 Å². The number of hydrogen-bond acceptors (Lipinski definition) is 3. The number of esters is 1. The number of carbonyl (C=O) groups excluding carboxylic acids is 1. The molecule has 0 saturated carbocycles. The van der Waals surface area contributed by atoms with Crippen LogP contribution in [0.1, 0.15) is 68.6 Å². The topological polar surface area (TPSA) is 35.5 Å². The summed E-state index contributed by atoms with van der Waals surface area (Å²) in [6, 6.07) is 7.04. The van der Waals surface area contributed by atoms with Gasteiger partial charge in [-0.3, -0.25) is 0 Å². The largest absolute Gasteiger partial charge is 0.497 e. The van der Waals surface area contributed by atoms with E-state index in [1.165, 1.54) is 25.7 Å². The minimum Gasteiger partial charge on any atom is -0.497 e. The monoisotopic (exact) mass is 316 g/mol. The second-order valence-corrected chi connectivity index (χ2v) is 5.45. The zero-order chi connectivity index (χ0) is 16.8. The molecule has 1 rings (SSSR count). The lowest BCUT2D eigenvalue weighted by atomic mass is 10.1. The Labute approximate surface area is 140 Å². The van der Waals surface area contributed by atoms with Crippen LogP contribution in [0.2, 0.25) is 0 Å². The molecule has 23 heavy (non-hydrogen) atoms. The second kappa shape index (κ2) is 12.6. The van der Waals surface area contributed by atoms with Crippen LogP contribution in [-0.4, -0.2) is 19.7 Å². The van der Waals surface area contributed by atoms with E-state index in [1.807, 2.05) is 6.07 Å². The summed E-state index contributed by atoms with van der Waals surface area (Å²) in [5.41, 5.74) is 0.539. The average molecular weight is 316 g/mol. The number of ether oxygens (including phenoxy) is 2. The van der Waals surface area contributed by atoms with Gasteiger partial charge in [0, 0.05) is 12.8 Å². The highest BCUT2D eigenvalue weighted by Crippen LogP contribution is 2.14. The first-order valence-corrected chi connectivity index (χ1v) is 8.54. The first-order chi connectivity index (χ1) is 11.3. The molecule has 1 aromatic rings. The molecule has 0 aliphatic rings. The van der Waals surface area contributed by atoms with Crippen LogP contribution in [0.25, 0.3) is 0 Å².